The van der Waals surface area contributed by atoms with Gasteiger partial charge in [-0.05, 0) is 67.3 Å². The summed E-state index contributed by atoms with van der Waals surface area (Å²) in [5.41, 5.74) is 4.98. The van der Waals surface area contributed by atoms with E-state index in [1.54, 1.807) is 0 Å². The van der Waals surface area contributed by atoms with Crippen LogP contribution < -0.4 is 0 Å². The molecule has 0 N–H and O–H groups in total. The van der Waals surface area contributed by atoms with Crippen LogP contribution in [0.15, 0.2) is 57.4 Å². The Hall–Kier alpha value is -2.54. The highest BCUT2D eigenvalue weighted by Crippen LogP contribution is 2.31. The maximum atomic E-state index is 13.1. The van der Waals surface area contributed by atoms with Gasteiger partial charge in [-0.1, -0.05) is 45.8 Å². The number of nitrogens with zero attached hydrogens (tertiary/aromatic N) is 1. The zero-order chi connectivity index (χ0) is 22.1. The van der Waals surface area contributed by atoms with Crippen LogP contribution in [0.2, 0.25) is 0 Å². The topological polar surface area (TPSA) is 33.5 Å². The summed E-state index contributed by atoms with van der Waals surface area (Å²) in [5.74, 6) is -2.10. The molecule has 0 bridgehead atoms. The van der Waals surface area contributed by atoms with E-state index in [0.717, 1.165) is 44.4 Å². The molecule has 0 saturated carbocycles. The van der Waals surface area contributed by atoms with Crippen LogP contribution in [0.4, 0.5) is 13.2 Å². The number of aryl methyl sites for hydroxylation is 3. The summed E-state index contributed by atoms with van der Waals surface area (Å²) in [6.07, 6.45) is -4.64. The number of furan rings is 1. The minimum absolute atomic E-state index is 0.237. The minimum atomic E-state index is -4.64. The number of halogens is 4. The van der Waals surface area contributed by atoms with Crippen molar-refractivity contribution in [1.29, 1.82) is 0 Å². The predicted molar refractivity (Wildman–Crippen MR) is 112 cm³/mol. The van der Waals surface area contributed by atoms with Gasteiger partial charge in [-0.2, -0.15) is 13.2 Å². The van der Waals surface area contributed by atoms with Crippen molar-refractivity contribution < 1.29 is 22.4 Å². The Kier molecular flexibility index (Phi) is 6.41. The third kappa shape index (κ3) is 5.14. The van der Waals surface area contributed by atoms with Crippen molar-refractivity contribution in [2.75, 3.05) is 0 Å². The maximum Gasteiger partial charge on any atom is 0.449 e. The summed E-state index contributed by atoms with van der Waals surface area (Å²) >= 11 is 3.38. The molecule has 0 radical (unpaired) electrons. The lowest BCUT2D eigenvalue weighted by atomic mass is 9.99. The highest BCUT2D eigenvalue weighted by atomic mass is 79.9. The summed E-state index contributed by atoms with van der Waals surface area (Å²) in [6, 6.07) is 13.4. The summed E-state index contributed by atoms with van der Waals surface area (Å²) < 4.78 is 44.5. The number of hydrogen-bond donors (Lipinski definition) is 0. The molecule has 0 saturated heterocycles. The molecule has 2 aromatic carbocycles. The van der Waals surface area contributed by atoms with Gasteiger partial charge in [0.15, 0.2) is 5.76 Å². The zero-order valence-corrected chi connectivity index (χ0v) is 18.4. The standard InChI is InChI=1S/C23H21BrF3NO2/c1-14-10-15(2)19(16(3)11-14)13-28(12-17-4-6-18(24)7-5-17)22(29)20-8-9-21(30-20)23(25,26)27/h4-11H,12-13H2,1-3H3. The van der Waals surface area contributed by atoms with Crippen LogP contribution in [0.5, 0.6) is 0 Å². The quantitative estimate of drug-likeness (QED) is 0.401. The fourth-order valence-electron chi connectivity index (χ4n) is 3.42. The van der Waals surface area contributed by atoms with E-state index in [-0.39, 0.29) is 18.8 Å². The average molecular weight is 480 g/mol. The smallest absolute Gasteiger partial charge is 0.446 e. The number of amides is 1. The average Bonchev–Trinajstić information content (AvgIpc) is 3.15. The van der Waals surface area contributed by atoms with Gasteiger partial charge in [-0.15, -0.1) is 0 Å². The molecule has 7 heteroatoms. The molecule has 3 nitrogen and oxygen atoms in total. The van der Waals surface area contributed by atoms with E-state index in [4.69, 9.17) is 4.42 Å². The molecule has 3 aromatic rings. The highest BCUT2D eigenvalue weighted by Gasteiger charge is 2.36. The van der Waals surface area contributed by atoms with Gasteiger partial charge in [0.05, 0.1) is 0 Å². The van der Waals surface area contributed by atoms with Crippen molar-refractivity contribution in [3.05, 3.63) is 92.3 Å². The third-order valence-corrected chi connectivity index (χ3v) is 5.39. The Morgan fingerprint density at radius 3 is 2.10 bits per heavy atom. The van der Waals surface area contributed by atoms with E-state index < -0.39 is 17.8 Å². The SMILES string of the molecule is Cc1cc(C)c(CN(Cc2ccc(Br)cc2)C(=O)c2ccc(C(F)(F)F)o2)c(C)c1. The van der Waals surface area contributed by atoms with Gasteiger partial charge in [0.2, 0.25) is 5.76 Å². The van der Waals surface area contributed by atoms with Crippen LogP contribution in [-0.2, 0) is 19.3 Å². The van der Waals surface area contributed by atoms with E-state index in [9.17, 15) is 18.0 Å². The lowest BCUT2D eigenvalue weighted by Crippen LogP contribution is -2.30. The number of carbonyl (C=O) groups excluding carboxylic acids is 1. The van der Waals surface area contributed by atoms with Crippen molar-refractivity contribution in [2.45, 2.75) is 40.0 Å². The molecule has 1 amide bonds. The van der Waals surface area contributed by atoms with Gasteiger partial charge >= 0.3 is 6.18 Å². The Labute approximate surface area is 181 Å². The summed E-state index contributed by atoms with van der Waals surface area (Å²) in [4.78, 5) is 14.6. The second-order valence-corrected chi connectivity index (χ2v) is 8.24. The molecule has 0 aliphatic heterocycles. The Balaban J connectivity index is 1.95. The number of rotatable bonds is 5. The van der Waals surface area contributed by atoms with E-state index in [0.29, 0.717) is 0 Å². The first-order chi connectivity index (χ1) is 14.0. The van der Waals surface area contributed by atoms with Crippen LogP contribution >= 0.6 is 15.9 Å². The first kappa shape index (κ1) is 22.2. The van der Waals surface area contributed by atoms with Gasteiger partial charge in [-0.25, -0.2) is 0 Å². The van der Waals surface area contributed by atoms with Gasteiger partial charge in [0, 0.05) is 17.6 Å². The third-order valence-electron chi connectivity index (χ3n) is 4.86. The van der Waals surface area contributed by atoms with Crippen LogP contribution in [-0.4, -0.2) is 10.8 Å². The molecule has 1 aromatic heterocycles. The van der Waals surface area contributed by atoms with Crippen LogP contribution in [0.1, 0.15) is 44.1 Å². The van der Waals surface area contributed by atoms with Crippen LogP contribution in [0.3, 0.4) is 0 Å². The molecule has 0 atom stereocenters. The highest BCUT2D eigenvalue weighted by molar-refractivity contribution is 9.10. The molecule has 0 aliphatic carbocycles. The van der Waals surface area contributed by atoms with E-state index in [1.807, 2.05) is 57.2 Å². The fraction of sp³-hybridized carbons (Fsp3) is 0.261. The van der Waals surface area contributed by atoms with E-state index in [2.05, 4.69) is 15.9 Å². The molecule has 30 heavy (non-hydrogen) atoms. The summed E-state index contributed by atoms with van der Waals surface area (Å²) in [6.45, 7) is 6.42. The zero-order valence-electron chi connectivity index (χ0n) is 16.8. The monoisotopic (exact) mass is 479 g/mol. The normalized spacial score (nSPS) is 11.6. The number of benzene rings is 2. The Bertz CT molecular complexity index is 1030. The largest absolute Gasteiger partial charge is 0.449 e. The summed E-state index contributed by atoms with van der Waals surface area (Å²) in [7, 11) is 0. The molecule has 3 rings (SSSR count). The second-order valence-electron chi connectivity index (χ2n) is 7.33. The first-order valence-electron chi connectivity index (χ1n) is 9.32. The molecular weight excluding hydrogens is 459 g/mol. The van der Waals surface area contributed by atoms with Crippen LogP contribution in [0, 0.1) is 20.8 Å². The lowest BCUT2D eigenvalue weighted by molar-refractivity contribution is -0.153. The molecule has 0 unspecified atom stereocenters. The molecular formula is C23H21BrF3NO2. The first-order valence-corrected chi connectivity index (χ1v) is 10.1. The van der Waals surface area contributed by atoms with Crippen molar-refractivity contribution in [1.82, 2.24) is 4.90 Å². The van der Waals surface area contributed by atoms with Crippen molar-refractivity contribution >= 4 is 21.8 Å². The number of carbonyl (C=O) groups is 1. The predicted octanol–water partition coefficient (Wildman–Crippen LogP) is 6.83. The fourth-order valence-corrected chi connectivity index (χ4v) is 3.69. The number of alkyl halides is 3. The summed E-state index contributed by atoms with van der Waals surface area (Å²) in [5, 5.41) is 0. The Morgan fingerprint density at radius 1 is 0.967 bits per heavy atom. The molecule has 0 aliphatic rings. The molecule has 1 heterocycles. The maximum absolute atomic E-state index is 13.1. The minimum Gasteiger partial charge on any atom is -0.446 e. The van der Waals surface area contributed by atoms with Crippen molar-refractivity contribution in [3.8, 4) is 0 Å². The van der Waals surface area contributed by atoms with E-state index >= 15 is 0 Å². The van der Waals surface area contributed by atoms with Gasteiger partial charge < -0.3 is 9.32 Å². The van der Waals surface area contributed by atoms with Crippen molar-refractivity contribution in [2.24, 2.45) is 0 Å². The Morgan fingerprint density at radius 2 is 1.57 bits per heavy atom. The van der Waals surface area contributed by atoms with Gasteiger partial charge in [0.25, 0.3) is 5.91 Å². The number of hydrogen-bond acceptors (Lipinski definition) is 2. The van der Waals surface area contributed by atoms with Gasteiger partial charge in [0.1, 0.15) is 0 Å². The molecule has 0 fully saturated rings. The lowest BCUT2D eigenvalue weighted by Gasteiger charge is -2.24. The molecule has 0 spiro atoms. The van der Waals surface area contributed by atoms with Gasteiger partial charge in [-0.3, -0.25) is 4.79 Å². The van der Waals surface area contributed by atoms with Crippen LogP contribution in [0.25, 0.3) is 0 Å². The van der Waals surface area contributed by atoms with E-state index in [1.165, 1.54) is 4.90 Å². The second kappa shape index (κ2) is 8.68. The van der Waals surface area contributed by atoms with Crippen molar-refractivity contribution in [3.63, 3.8) is 0 Å². The molecule has 158 valence electrons.